The Morgan fingerprint density at radius 1 is 1.07 bits per heavy atom. The monoisotopic (exact) mass is 389 g/mol. The van der Waals surface area contributed by atoms with Gasteiger partial charge in [0, 0.05) is 19.3 Å². The lowest BCUT2D eigenvalue weighted by molar-refractivity contribution is -0.134. The quantitative estimate of drug-likeness (QED) is 0.655. The van der Waals surface area contributed by atoms with Crippen LogP contribution in [0.5, 0.6) is 5.75 Å². The number of carbonyl (C=O) groups is 1. The van der Waals surface area contributed by atoms with E-state index in [2.05, 4.69) is 42.5 Å². The Labute approximate surface area is 171 Å². The maximum absolute atomic E-state index is 12.5. The summed E-state index contributed by atoms with van der Waals surface area (Å²) >= 11 is 0. The van der Waals surface area contributed by atoms with Gasteiger partial charge in [-0.15, -0.1) is 0 Å². The molecule has 1 fully saturated rings. The highest BCUT2D eigenvalue weighted by molar-refractivity contribution is 5.77. The number of nitrogens with zero attached hydrogens (tertiary/aromatic N) is 3. The molecule has 5 heteroatoms. The molecule has 1 aliphatic rings. The molecule has 0 N–H and O–H groups in total. The summed E-state index contributed by atoms with van der Waals surface area (Å²) in [5.41, 5.74) is 4.67. The van der Waals surface area contributed by atoms with Gasteiger partial charge in [0.2, 0.25) is 0 Å². The van der Waals surface area contributed by atoms with Crippen molar-refractivity contribution in [3.8, 4) is 11.4 Å². The average molecular weight is 389 g/mol. The molecular formula is C24H27N3O2. The van der Waals surface area contributed by atoms with Gasteiger partial charge in [0.05, 0.1) is 11.9 Å². The molecule has 5 nitrogen and oxygen atoms in total. The van der Waals surface area contributed by atoms with Crippen molar-refractivity contribution in [1.82, 2.24) is 14.7 Å². The van der Waals surface area contributed by atoms with Crippen LogP contribution in [0.15, 0.2) is 60.9 Å². The van der Waals surface area contributed by atoms with Crippen LogP contribution in [0.4, 0.5) is 0 Å². The second-order valence-corrected chi connectivity index (χ2v) is 7.82. The van der Waals surface area contributed by atoms with Gasteiger partial charge in [0.15, 0.2) is 6.61 Å². The van der Waals surface area contributed by atoms with Crippen LogP contribution in [0, 0.1) is 13.8 Å². The van der Waals surface area contributed by atoms with Gasteiger partial charge >= 0.3 is 0 Å². The number of piperidine rings is 1. The number of likely N-dealkylation sites (tertiary alicyclic amines) is 1. The number of carbonyl (C=O) groups excluding carboxylic acids is 1. The molecule has 0 aliphatic carbocycles. The van der Waals surface area contributed by atoms with E-state index in [-0.39, 0.29) is 12.5 Å². The molecule has 1 saturated heterocycles. The van der Waals surface area contributed by atoms with Crippen molar-refractivity contribution < 1.29 is 9.53 Å². The molecule has 4 rings (SSSR count). The van der Waals surface area contributed by atoms with Crippen molar-refractivity contribution in [3.05, 3.63) is 77.6 Å². The molecule has 150 valence electrons. The topological polar surface area (TPSA) is 47.4 Å². The fourth-order valence-corrected chi connectivity index (χ4v) is 3.86. The Morgan fingerprint density at radius 3 is 2.52 bits per heavy atom. The van der Waals surface area contributed by atoms with Gasteiger partial charge in [-0.1, -0.05) is 24.3 Å². The zero-order valence-electron chi connectivity index (χ0n) is 17.0. The highest BCUT2D eigenvalue weighted by Gasteiger charge is 2.25. The molecule has 0 spiro atoms. The van der Waals surface area contributed by atoms with Gasteiger partial charge in [0.25, 0.3) is 5.91 Å². The van der Waals surface area contributed by atoms with Crippen molar-refractivity contribution >= 4 is 5.91 Å². The van der Waals surface area contributed by atoms with Gasteiger partial charge < -0.3 is 9.64 Å². The van der Waals surface area contributed by atoms with Crippen molar-refractivity contribution in [3.63, 3.8) is 0 Å². The first-order chi connectivity index (χ1) is 14.1. The maximum Gasteiger partial charge on any atom is 0.260 e. The molecule has 0 bridgehead atoms. The van der Waals surface area contributed by atoms with E-state index in [4.69, 9.17) is 4.74 Å². The highest BCUT2D eigenvalue weighted by Crippen LogP contribution is 2.28. The summed E-state index contributed by atoms with van der Waals surface area (Å²) in [6.45, 7) is 5.72. The van der Waals surface area contributed by atoms with Crippen LogP contribution in [0.3, 0.4) is 0 Å². The molecule has 0 radical (unpaired) electrons. The third-order valence-electron chi connectivity index (χ3n) is 5.54. The standard InChI is InChI=1S/C24H27N3O2/c1-18-5-3-7-22(13-18)27-16-21(15-25-27)20-9-11-26(12-10-20)24(28)17-29-23-8-4-6-19(2)14-23/h3-8,13-16,20H,9-12,17H2,1-2H3. The second kappa shape index (κ2) is 8.52. The lowest BCUT2D eigenvalue weighted by Crippen LogP contribution is -2.40. The van der Waals surface area contributed by atoms with E-state index in [0.717, 1.165) is 42.9 Å². The molecule has 1 aromatic heterocycles. The Balaban J connectivity index is 1.31. The van der Waals surface area contributed by atoms with Crippen LogP contribution >= 0.6 is 0 Å². The summed E-state index contributed by atoms with van der Waals surface area (Å²) in [7, 11) is 0. The highest BCUT2D eigenvalue weighted by atomic mass is 16.5. The Morgan fingerprint density at radius 2 is 1.79 bits per heavy atom. The van der Waals surface area contributed by atoms with E-state index in [9.17, 15) is 4.79 Å². The summed E-state index contributed by atoms with van der Waals surface area (Å²) in [6, 6.07) is 16.1. The molecule has 2 aromatic carbocycles. The van der Waals surface area contributed by atoms with Crippen LogP contribution in [0.25, 0.3) is 5.69 Å². The van der Waals surface area contributed by atoms with Crippen molar-refractivity contribution in [1.29, 1.82) is 0 Å². The maximum atomic E-state index is 12.5. The number of amides is 1. The number of aromatic nitrogens is 2. The fraction of sp³-hybridized carbons (Fsp3) is 0.333. The molecule has 1 amide bonds. The number of aryl methyl sites for hydroxylation is 2. The first-order valence-corrected chi connectivity index (χ1v) is 10.2. The molecule has 0 saturated carbocycles. The largest absolute Gasteiger partial charge is 0.484 e. The molecule has 0 atom stereocenters. The first-order valence-electron chi connectivity index (χ1n) is 10.2. The lowest BCUT2D eigenvalue weighted by atomic mass is 9.91. The van der Waals surface area contributed by atoms with Gasteiger partial charge in [-0.3, -0.25) is 4.79 Å². The van der Waals surface area contributed by atoms with Gasteiger partial charge in [-0.05, 0) is 73.6 Å². The van der Waals surface area contributed by atoms with E-state index in [1.165, 1.54) is 11.1 Å². The van der Waals surface area contributed by atoms with E-state index >= 15 is 0 Å². The number of benzene rings is 2. The van der Waals surface area contributed by atoms with Gasteiger partial charge in [-0.2, -0.15) is 5.10 Å². The number of rotatable bonds is 5. The van der Waals surface area contributed by atoms with Crippen molar-refractivity contribution in [2.75, 3.05) is 19.7 Å². The molecule has 2 heterocycles. The van der Waals surface area contributed by atoms with E-state index in [1.807, 2.05) is 47.0 Å². The normalized spacial score (nSPS) is 14.8. The van der Waals surface area contributed by atoms with Crippen LogP contribution in [-0.4, -0.2) is 40.3 Å². The van der Waals surface area contributed by atoms with Crippen LogP contribution in [0.2, 0.25) is 0 Å². The van der Waals surface area contributed by atoms with E-state index in [1.54, 1.807) is 0 Å². The Hall–Kier alpha value is -3.08. The second-order valence-electron chi connectivity index (χ2n) is 7.82. The Bertz CT molecular complexity index is 987. The minimum Gasteiger partial charge on any atom is -0.484 e. The summed E-state index contributed by atoms with van der Waals surface area (Å²) in [6.07, 6.45) is 5.99. The smallest absolute Gasteiger partial charge is 0.260 e. The van der Waals surface area contributed by atoms with Gasteiger partial charge in [0.1, 0.15) is 5.75 Å². The molecule has 29 heavy (non-hydrogen) atoms. The Kier molecular flexibility index (Phi) is 5.65. The van der Waals surface area contributed by atoms with Crippen LogP contribution < -0.4 is 4.74 Å². The van der Waals surface area contributed by atoms with Gasteiger partial charge in [-0.25, -0.2) is 4.68 Å². The van der Waals surface area contributed by atoms with Crippen molar-refractivity contribution in [2.45, 2.75) is 32.6 Å². The third-order valence-corrected chi connectivity index (χ3v) is 5.54. The number of ether oxygens (including phenoxy) is 1. The van der Waals surface area contributed by atoms with Crippen molar-refractivity contribution in [2.24, 2.45) is 0 Å². The molecular weight excluding hydrogens is 362 g/mol. The zero-order chi connectivity index (χ0) is 20.2. The molecule has 1 aliphatic heterocycles. The molecule has 0 unspecified atom stereocenters. The summed E-state index contributed by atoms with van der Waals surface area (Å²) in [4.78, 5) is 14.4. The summed E-state index contributed by atoms with van der Waals surface area (Å²) < 4.78 is 7.61. The number of hydrogen-bond donors (Lipinski definition) is 0. The van der Waals surface area contributed by atoms with Crippen LogP contribution in [0.1, 0.15) is 35.4 Å². The third kappa shape index (κ3) is 4.67. The average Bonchev–Trinajstić information content (AvgIpc) is 3.23. The zero-order valence-corrected chi connectivity index (χ0v) is 17.0. The molecule has 3 aromatic rings. The minimum absolute atomic E-state index is 0.0559. The minimum atomic E-state index is 0.0559. The SMILES string of the molecule is Cc1cccc(OCC(=O)N2CCC(c3cnn(-c4cccc(C)c4)c3)CC2)c1. The van der Waals surface area contributed by atoms with E-state index in [0.29, 0.717) is 5.92 Å². The fourth-order valence-electron chi connectivity index (χ4n) is 3.86. The predicted molar refractivity (Wildman–Crippen MR) is 114 cm³/mol. The first kappa shape index (κ1) is 19.2. The van der Waals surface area contributed by atoms with E-state index < -0.39 is 0 Å². The predicted octanol–water partition coefficient (Wildman–Crippen LogP) is 4.27. The van der Waals surface area contributed by atoms with Crippen LogP contribution in [-0.2, 0) is 4.79 Å². The summed E-state index contributed by atoms with van der Waals surface area (Å²) in [5, 5.41) is 4.54. The lowest BCUT2D eigenvalue weighted by Gasteiger charge is -2.31. The number of hydrogen-bond acceptors (Lipinski definition) is 3. The summed E-state index contributed by atoms with van der Waals surface area (Å²) in [5.74, 6) is 1.24.